The minimum Gasteiger partial charge on any atom is -0.381 e. The normalized spacial score (nSPS) is 18.1. The monoisotopic (exact) mass is 327 g/mol. The fourth-order valence-electron chi connectivity index (χ4n) is 2.21. The Balaban J connectivity index is 1.72. The Morgan fingerprint density at radius 1 is 1.23 bits per heavy atom. The molecule has 1 fully saturated rings. The first-order valence-electron chi connectivity index (χ1n) is 7.10. The Morgan fingerprint density at radius 3 is 2.50 bits per heavy atom. The molecule has 22 heavy (non-hydrogen) atoms. The van der Waals surface area contributed by atoms with Gasteiger partial charge in [0.25, 0.3) is 0 Å². The summed E-state index contributed by atoms with van der Waals surface area (Å²) >= 11 is 0. The molecule has 1 aliphatic heterocycles. The van der Waals surface area contributed by atoms with Gasteiger partial charge in [-0.2, -0.15) is 0 Å². The maximum atomic E-state index is 11.7. The summed E-state index contributed by atoms with van der Waals surface area (Å²) in [6, 6.07) is 6.70. The second-order valence-corrected chi connectivity index (χ2v) is 7.03. The molecule has 0 unspecified atom stereocenters. The maximum Gasteiger partial charge on any atom is 0.315 e. The topological polar surface area (TPSA) is 111 Å². The zero-order valence-electron chi connectivity index (χ0n) is 12.2. The second kappa shape index (κ2) is 7.57. The van der Waals surface area contributed by atoms with Crippen LogP contribution in [0.3, 0.4) is 0 Å². The summed E-state index contributed by atoms with van der Waals surface area (Å²) in [5.41, 5.74) is 1.51. The largest absolute Gasteiger partial charge is 0.381 e. The van der Waals surface area contributed by atoms with Gasteiger partial charge in [0.05, 0.1) is 12.4 Å². The van der Waals surface area contributed by atoms with E-state index in [0.29, 0.717) is 31.2 Å². The van der Waals surface area contributed by atoms with Crippen molar-refractivity contribution in [3.8, 4) is 0 Å². The van der Waals surface area contributed by atoms with Crippen molar-refractivity contribution in [3.05, 3.63) is 35.4 Å². The van der Waals surface area contributed by atoms with Crippen molar-refractivity contribution >= 4 is 16.1 Å². The highest BCUT2D eigenvalue weighted by Gasteiger charge is 2.16. The van der Waals surface area contributed by atoms with Crippen LogP contribution in [0.2, 0.25) is 0 Å². The van der Waals surface area contributed by atoms with Crippen molar-refractivity contribution in [2.75, 3.05) is 19.8 Å². The predicted molar refractivity (Wildman–Crippen MR) is 82.4 cm³/mol. The lowest BCUT2D eigenvalue weighted by Crippen LogP contribution is -2.38. The summed E-state index contributed by atoms with van der Waals surface area (Å²) in [6.07, 6.45) is 0.978. The van der Waals surface area contributed by atoms with E-state index in [9.17, 15) is 13.2 Å². The number of ether oxygens (including phenoxy) is 1. The van der Waals surface area contributed by atoms with Crippen LogP contribution >= 0.6 is 0 Å². The standard InChI is InChI=1S/C14H21N3O4S/c15-22(19,20)10-12-3-1-11(2-4-12)7-16-14(18)17-8-13-5-6-21-9-13/h1-4,13H,5-10H2,(H2,15,19,20)(H2,16,17,18)/t13-/m0/s1. The SMILES string of the molecule is NS(=O)(=O)Cc1ccc(CNC(=O)NC[C@@H]2CCOC2)cc1. The maximum absolute atomic E-state index is 11.7. The number of benzene rings is 1. The number of nitrogens with one attached hydrogen (secondary N) is 2. The number of carbonyl (C=O) groups excluding carboxylic acids is 1. The molecule has 0 saturated carbocycles. The highest BCUT2D eigenvalue weighted by Crippen LogP contribution is 2.10. The van der Waals surface area contributed by atoms with Gasteiger partial charge in [-0.3, -0.25) is 0 Å². The van der Waals surface area contributed by atoms with Gasteiger partial charge in [0, 0.05) is 25.6 Å². The molecule has 0 aromatic heterocycles. The number of nitrogens with two attached hydrogens (primary N) is 1. The zero-order chi connectivity index (χ0) is 16.0. The fourth-order valence-corrected chi connectivity index (χ4v) is 2.87. The van der Waals surface area contributed by atoms with Gasteiger partial charge in [-0.05, 0) is 17.5 Å². The van der Waals surface area contributed by atoms with E-state index in [1.807, 2.05) is 0 Å². The van der Waals surface area contributed by atoms with Crippen LogP contribution in [0.5, 0.6) is 0 Å². The van der Waals surface area contributed by atoms with Gasteiger partial charge in [0.2, 0.25) is 10.0 Å². The second-order valence-electron chi connectivity index (χ2n) is 5.42. The predicted octanol–water partition coefficient (Wildman–Crippen LogP) is 0.311. The number of amides is 2. The molecule has 0 bridgehead atoms. The van der Waals surface area contributed by atoms with E-state index >= 15 is 0 Å². The van der Waals surface area contributed by atoms with Gasteiger partial charge < -0.3 is 15.4 Å². The molecular weight excluding hydrogens is 306 g/mol. The molecule has 1 aromatic carbocycles. The number of rotatable bonds is 6. The number of carbonyl (C=O) groups is 1. The van der Waals surface area contributed by atoms with Crippen molar-refractivity contribution in [1.29, 1.82) is 0 Å². The number of hydrogen-bond acceptors (Lipinski definition) is 4. The quantitative estimate of drug-likeness (QED) is 0.698. The molecule has 0 spiro atoms. The molecule has 1 aromatic rings. The van der Waals surface area contributed by atoms with Crippen LogP contribution in [-0.2, 0) is 27.1 Å². The lowest BCUT2D eigenvalue weighted by molar-refractivity contribution is 0.185. The molecule has 122 valence electrons. The minimum atomic E-state index is -3.52. The molecule has 0 radical (unpaired) electrons. The van der Waals surface area contributed by atoms with Gasteiger partial charge in [-0.15, -0.1) is 0 Å². The Morgan fingerprint density at radius 2 is 1.91 bits per heavy atom. The first-order chi connectivity index (χ1) is 10.4. The van der Waals surface area contributed by atoms with E-state index < -0.39 is 10.0 Å². The minimum absolute atomic E-state index is 0.190. The average molecular weight is 327 g/mol. The number of primary sulfonamides is 1. The van der Waals surface area contributed by atoms with E-state index in [1.54, 1.807) is 24.3 Å². The molecule has 1 aliphatic rings. The summed E-state index contributed by atoms with van der Waals surface area (Å²) in [7, 11) is -3.52. The molecule has 8 heteroatoms. The van der Waals surface area contributed by atoms with Crippen LogP contribution < -0.4 is 15.8 Å². The van der Waals surface area contributed by atoms with Crippen molar-refractivity contribution in [3.63, 3.8) is 0 Å². The summed E-state index contributed by atoms with van der Waals surface area (Å²) in [6.45, 7) is 2.45. The Kier molecular flexibility index (Phi) is 5.76. The van der Waals surface area contributed by atoms with Gasteiger partial charge in [0.1, 0.15) is 0 Å². The van der Waals surface area contributed by atoms with Gasteiger partial charge in [0.15, 0.2) is 0 Å². The first kappa shape index (κ1) is 16.7. The summed E-state index contributed by atoms with van der Waals surface area (Å²) in [5.74, 6) is 0.202. The van der Waals surface area contributed by atoms with Crippen molar-refractivity contribution in [2.45, 2.75) is 18.7 Å². The fraction of sp³-hybridized carbons (Fsp3) is 0.500. The van der Waals surface area contributed by atoms with Crippen LogP contribution in [0, 0.1) is 5.92 Å². The zero-order valence-corrected chi connectivity index (χ0v) is 13.1. The van der Waals surface area contributed by atoms with E-state index in [2.05, 4.69) is 10.6 Å². The highest BCUT2D eigenvalue weighted by molar-refractivity contribution is 7.88. The Labute approximate surface area is 130 Å². The van der Waals surface area contributed by atoms with Crippen LogP contribution in [0.1, 0.15) is 17.5 Å². The van der Waals surface area contributed by atoms with Crippen LogP contribution in [0.4, 0.5) is 4.79 Å². The van der Waals surface area contributed by atoms with Gasteiger partial charge in [-0.1, -0.05) is 24.3 Å². The van der Waals surface area contributed by atoms with E-state index in [-0.39, 0.29) is 11.8 Å². The summed E-state index contributed by atoms with van der Waals surface area (Å²) in [5, 5.41) is 10.6. The smallest absolute Gasteiger partial charge is 0.315 e. The number of urea groups is 1. The number of hydrogen-bond donors (Lipinski definition) is 3. The van der Waals surface area contributed by atoms with Crippen molar-refractivity contribution < 1.29 is 17.9 Å². The first-order valence-corrected chi connectivity index (χ1v) is 8.81. The lowest BCUT2D eigenvalue weighted by Gasteiger charge is -2.11. The molecule has 2 rings (SSSR count). The van der Waals surface area contributed by atoms with E-state index in [4.69, 9.17) is 9.88 Å². The summed E-state index contributed by atoms with van der Waals surface area (Å²) < 4.78 is 27.2. The Bertz CT molecular complexity index is 595. The molecule has 7 nitrogen and oxygen atoms in total. The Hall–Kier alpha value is -1.64. The van der Waals surface area contributed by atoms with Gasteiger partial charge in [-0.25, -0.2) is 18.4 Å². The highest BCUT2D eigenvalue weighted by atomic mass is 32.2. The van der Waals surface area contributed by atoms with Crippen LogP contribution in [-0.4, -0.2) is 34.2 Å². The molecule has 1 heterocycles. The third-order valence-electron chi connectivity index (χ3n) is 3.42. The summed E-state index contributed by atoms with van der Waals surface area (Å²) in [4.78, 5) is 11.7. The average Bonchev–Trinajstić information content (AvgIpc) is 2.96. The van der Waals surface area contributed by atoms with E-state index in [0.717, 1.165) is 18.6 Å². The van der Waals surface area contributed by atoms with Crippen molar-refractivity contribution in [2.24, 2.45) is 11.1 Å². The van der Waals surface area contributed by atoms with Crippen molar-refractivity contribution in [1.82, 2.24) is 10.6 Å². The van der Waals surface area contributed by atoms with E-state index in [1.165, 1.54) is 0 Å². The molecule has 1 saturated heterocycles. The third-order valence-corrected chi connectivity index (χ3v) is 4.15. The number of sulfonamides is 1. The molecular formula is C14H21N3O4S. The molecule has 0 aliphatic carbocycles. The third kappa shape index (κ3) is 6.00. The molecule has 1 atom stereocenters. The molecule has 2 amide bonds. The molecule has 4 N–H and O–H groups in total. The van der Waals surface area contributed by atoms with Gasteiger partial charge >= 0.3 is 6.03 Å². The van der Waals surface area contributed by atoms with Crippen LogP contribution in [0.15, 0.2) is 24.3 Å². The van der Waals surface area contributed by atoms with Crippen LogP contribution in [0.25, 0.3) is 0 Å². The lowest BCUT2D eigenvalue weighted by atomic mass is 10.1.